The summed E-state index contributed by atoms with van der Waals surface area (Å²) in [7, 11) is -0.691. The number of sulfonamides is 1. The number of aliphatic hydroxyl groups is 1. The predicted octanol–water partition coefficient (Wildman–Crippen LogP) is 2.48. The average Bonchev–Trinajstić information content (AvgIpc) is 2.59. The first kappa shape index (κ1) is 18.7. The Hall–Kier alpha value is -1.61. The predicted molar refractivity (Wildman–Crippen MR) is 93.8 cm³/mol. The van der Waals surface area contributed by atoms with Gasteiger partial charge in [0, 0.05) is 11.0 Å². The van der Waals surface area contributed by atoms with Crippen molar-refractivity contribution in [1.29, 1.82) is 0 Å². The lowest BCUT2D eigenvalue weighted by Gasteiger charge is -2.15. The van der Waals surface area contributed by atoms with E-state index in [1.165, 1.54) is 26.4 Å². The van der Waals surface area contributed by atoms with Crippen molar-refractivity contribution in [3.8, 4) is 11.5 Å². The molecule has 1 atom stereocenters. The van der Waals surface area contributed by atoms with Crippen LogP contribution in [0.3, 0.4) is 0 Å². The number of rotatable bonds is 7. The summed E-state index contributed by atoms with van der Waals surface area (Å²) in [6, 6.07) is 11.2. The summed E-state index contributed by atoms with van der Waals surface area (Å²) >= 11 is 3.25. The Kier molecular flexibility index (Phi) is 6.22. The molecule has 0 spiro atoms. The van der Waals surface area contributed by atoms with Gasteiger partial charge >= 0.3 is 0 Å². The first-order valence-electron chi connectivity index (χ1n) is 7.02. The van der Waals surface area contributed by atoms with Crippen molar-refractivity contribution in [3.05, 3.63) is 52.5 Å². The highest BCUT2D eigenvalue weighted by Crippen LogP contribution is 2.29. The van der Waals surface area contributed by atoms with Crippen LogP contribution in [0.25, 0.3) is 0 Å². The molecule has 0 aliphatic carbocycles. The van der Waals surface area contributed by atoms with E-state index in [1.807, 2.05) is 0 Å². The van der Waals surface area contributed by atoms with Crippen LogP contribution in [-0.2, 0) is 10.0 Å². The fraction of sp³-hybridized carbons (Fsp3) is 0.250. The number of methoxy groups -OCH3 is 2. The third-order valence-electron chi connectivity index (χ3n) is 3.38. The number of nitrogens with one attached hydrogen (secondary N) is 1. The van der Waals surface area contributed by atoms with Crippen LogP contribution in [0, 0.1) is 0 Å². The van der Waals surface area contributed by atoms with E-state index in [9.17, 15) is 13.5 Å². The number of hydrogen-bond donors (Lipinski definition) is 2. The fourth-order valence-electron chi connectivity index (χ4n) is 2.06. The van der Waals surface area contributed by atoms with Gasteiger partial charge in [-0.25, -0.2) is 13.1 Å². The molecular weight excluding hydrogens is 398 g/mol. The van der Waals surface area contributed by atoms with Gasteiger partial charge in [-0.1, -0.05) is 22.0 Å². The highest BCUT2D eigenvalue weighted by Gasteiger charge is 2.17. The Bertz CT molecular complexity index is 793. The third kappa shape index (κ3) is 4.47. The molecule has 6 nitrogen and oxygen atoms in total. The van der Waals surface area contributed by atoms with E-state index in [0.717, 1.165) is 4.47 Å². The fourth-order valence-corrected chi connectivity index (χ4v) is 3.37. The Labute approximate surface area is 149 Å². The zero-order valence-corrected chi connectivity index (χ0v) is 15.6. The molecule has 0 heterocycles. The van der Waals surface area contributed by atoms with Crippen LogP contribution in [0.2, 0.25) is 0 Å². The summed E-state index contributed by atoms with van der Waals surface area (Å²) in [6.45, 7) is -0.159. The topological polar surface area (TPSA) is 84.9 Å². The highest BCUT2D eigenvalue weighted by atomic mass is 79.9. The first-order valence-corrected chi connectivity index (χ1v) is 9.30. The SMILES string of the molecule is COc1ccc(C(O)CNS(=O)(=O)c2ccc(Br)cc2)cc1OC. The lowest BCUT2D eigenvalue weighted by Crippen LogP contribution is -2.28. The van der Waals surface area contributed by atoms with E-state index < -0.39 is 16.1 Å². The molecule has 2 aromatic rings. The molecule has 0 amide bonds. The maximum atomic E-state index is 12.2. The quantitative estimate of drug-likeness (QED) is 0.725. The molecular formula is C16H18BrNO5S. The Morgan fingerprint density at radius 1 is 1.08 bits per heavy atom. The molecule has 1 unspecified atom stereocenters. The molecule has 2 N–H and O–H groups in total. The highest BCUT2D eigenvalue weighted by molar-refractivity contribution is 9.10. The van der Waals surface area contributed by atoms with Gasteiger partial charge in [-0.2, -0.15) is 0 Å². The molecule has 0 bridgehead atoms. The monoisotopic (exact) mass is 415 g/mol. The Morgan fingerprint density at radius 2 is 1.71 bits per heavy atom. The van der Waals surface area contributed by atoms with Crippen LogP contribution in [0.5, 0.6) is 11.5 Å². The van der Waals surface area contributed by atoms with Crippen molar-refractivity contribution in [1.82, 2.24) is 4.72 Å². The molecule has 8 heteroatoms. The van der Waals surface area contributed by atoms with E-state index in [2.05, 4.69) is 20.7 Å². The smallest absolute Gasteiger partial charge is 0.240 e. The normalized spacial score (nSPS) is 12.7. The lowest BCUT2D eigenvalue weighted by atomic mass is 10.1. The molecule has 0 saturated heterocycles. The van der Waals surface area contributed by atoms with Crippen molar-refractivity contribution in [2.24, 2.45) is 0 Å². The average molecular weight is 416 g/mol. The van der Waals surface area contributed by atoms with Gasteiger partial charge in [0.1, 0.15) is 0 Å². The van der Waals surface area contributed by atoms with Gasteiger partial charge in [0.05, 0.1) is 25.2 Å². The summed E-state index contributed by atoms with van der Waals surface area (Å²) in [4.78, 5) is 0.130. The van der Waals surface area contributed by atoms with Gasteiger partial charge in [0.25, 0.3) is 0 Å². The van der Waals surface area contributed by atoms with Crippen LogP contribution < -0.4 is 14.2 Å². The maximum Gasteiger partial charge on any atom is 0.240 e. The van der Waals surface area contributed by atoms with Crippen molar-refractivity contribution >= 4 is 26.0 Å². The van der Waals surface area contributed by atoms with Crippen molar-refractivity contribution in [3.63, 3.8) is 0 Å². The van der Waals surface area contributed by atoms with Gasteiger partial charge < -0.3 is 14.6 Å². The molecule has 2 aromatic carbocycles. The summed E-state index contributed by atoms with van der Waals surface area (Å²) in [5, 5.41) is 10.2. The van der Waals surface area contributed by atoms with Crippen LogP contribution >= 0.6 is 15.9 Å². The van der Waals surface area contributed by atoms with Gasteiger partial charge in [0.15, 0.2) is 11.5 Å². The molecule has 0 saturated carbocycles. The summed E-state index contributed by atoms with van der Waals surface area (Å²) in [5.74, 6) is 0.994. The van der Waals surface area contributed by atoms with Crippen molar-refractivity contribution in [2.45, 2.75) is 11.0 Å². The van der Waals surface area contributed by atoms with E-state index >= 15 is 0 Å². The van der Waals surface area contributed by atoms with Gasteiger partial charge in [-0.15, -0.1) is 0 Å². The minimum atomic E-state index is -3.70. The van der Waals surface area contributed by atoms with Gasteiger partial charge in [-0.05, 0) is 42.0 Å². The number of aliphatic hydroxyl groups excluding tert-OH is 1. The summed E-state index contributed by atoms with van der Waals surface area (Å²) in [5.41, 5.74) is 0.520. The number of benzene rings is 2. The molecule has 0 fully saturated rings. The van der Waals surface area contributed by atoms with Crippen molar-refractivity contribution in [2.75, 3.05) is 20.8 Å². The van der Waals surface area contributed by atoms with Gasteiger partial charge in [0.2, 0.25) is 10.0 Å². The minimum absolute atomic E-state index is 0.130. The number of ether oxygens (including phenoxy) is 2. The second kappa shape index (κ2) is 7.98. The summed E-state index contributed by atoms with van der Waals surface area (Å²) in [6.07, 6.45) is -1.02. The molecule has 2 rings (SSSR count). The van der Waals surface area contributed by atoms with E-state index in [0.29, 0.717) is 17.1 Å². The second-order valence-corrected chi connectivity index (χ2v) is 7.62. The van der Waals surface area contributed by atoms with Crippen LogP contribution in [0.15, 0.2) is 51.8 Å². The number of hydrogen-bond acceptors (Lipinski definition) is 5. The van der Waals surface area contributed by atoms with Crippen molar-refractivity contribution < 1.29 is 23.0 Å². The second-order valence-electron chi connectivity index (χ2n) is 4.94. The molecule has 0 aliphatic rings. The standard InChI is InChI=1S/C16H18BrNO5S/c1-22-15-8-3-11(9-16(15)23-2)14(19)10-18-24(20,21)13-6-4-12(17)5-7-13/h3-9,14,18-19H,10H2,1-2H3. The zero-order valence-electron chi connectivity index (χ0n) is 13.2. The van der Waals surface area contributed by atoms with Crippen LogP contribution in [0.1, 0.15) is 11.7 Å². The van der Waals surface area contributed by atoms with E-state index in [-0.39, 0.29) is 11.4 Å². The Morgan fingerprint density at radius 3 is 2.29 bits per heavy atom. The lowest BCUT2D eigenvalue weighted by molar-refractivity contribution is 0.181. The zero-order chi connectivity index (χ0) is 17.7. The van der Waals surface area contributed by atoms with Gasteiger partial charge in [-0.3, -0.25) is 0 Å². The van der Waals surface area contributed by atoms with Crippen LogP contribution in [-0.4, -0.2) is 34.3 Å². The summed E-state index contributed by atoms with van der Waals surface area (Å²) < 4.78 is 37.9. The molecule has 0 aliphatic heterocycles. The minimum Gasteiger partial charge on any atom is -0.493 e. The third-order valence-corrected chi connectivity index (χ3v) is 5.35. The maximum absolute atomic E-state index is 12.2. The van der Waals surface area contributed by atoms with E-state index in [4.69, 9.17) is 9.47 Å². The molecule has 130 valence electrons. The number of halogens is 1. The van der Waals surface area contributed by atoms with E-state index in [1.54, 1.807) is 30.3 Å². The molecule has 24 heavy (non-hydrogen) atoms. The molecule has 0 radical (unpaired) electrons. The molecule has 0 aromatic heterocycles. The Balaban J connectivity index is 2.09. The largest absolute Gasteiger partial charge is 0.493 e. The van der Waals surface area contributed by atoms with Crippen LogP contribution in [0.4, 0.5) is 0 Å². The first-order chi connectivity index (χ1) is 11.4.